The van der Waals surface area contributed by atoms with Crippen molar-refractivity contribution in [3.63, 3.8) is 0 Å². The molecule has 0 bridgehead atoms. The molecule has 1 aliphatic carbocycles. The summed E-state index contributed by atoms with van der Waals surface area (Å²) in [5, 5.41) is 3.52. The lowest BCUT2D eigenvalue weighted by molar-refractivity contribution is -0.116. The second-order valence-electron chi connectivity index (χ2n) is 6.68. The van der Waals surface area contributed by atoms with Gasteiger partial charge in [0.25, 0.3) is 0 Å². The molecule has 1 aromatic carbocycles. The molecule has 0 saturated heterocycles. The number of benzene rings is 1. The number of carbonyl (C=O) groups is 2. The van der Waals surface area contributed by atoms with Gasteiger partial charge in [0.15, 0.2) is 0 Å². The van der Waals surface area contributed by atoms with E-state index < -0.39 is 5.97 Å². The van der Waals surface area contributed by atoms with Crippen LogP contribution in [0.1, 0.15) is 55.8 Å². The summed E-state index contributed by atoms with van der Waals surface area (Å²) in [4.78, 5) is 25.6. The highest BCUT2D eigenvalue weighted by atomic mass is 32.1. The first-order valence-electron chi connectivity index (χ1n) is 9.33. The first kappa shape index (κ1) is 18.6. The maximum atomic E-state index is 12.4. The van der Waals surface area contributed by atoms with Crippen LogP contribution in [-0.2, 0) is 9.53 Å². The second kappa shape index (κ2) is 8.99. The van der Waals surface area contributed by atoms with E-state index in [4.69, 9.17) is 4.74 Å². The normalized spacial score (nSPS) is 14.3. The predicted molar refractivity (Wildman–Crippen MR) is 106 cm³/mol. The minimum absolute atomic E-state index is 0.0242. The van der Waals surface area contributed by atoms with E-state index in [0.717, 1.165) is 16.9 Å². The molecule has 0 aliphatic heterocycles. The Labute approximate surface area is 158 Å². The molecule has 0 spiro atoms. The number of rotatable bonds is 7. The van der Waals surface area contributed by atoms with Crippen LogP contribution < -0.4 is 5.32 Å². The topological polar surface area (TPSA) is 55.4 Å². The third-order valence-electron chi connectivity index (χ3n) is 4.79. The van der Waals surface area contributed by atoms with Gasteiger partial charge in [-0.25, -0.2) is 4.79 Å². The molecule has 2 aromatic rings. The Balaban J connectivity index is 1.74. The van der Waals surface area contributed by atoms with Crippen molar-refractivity contribution in [2.75, 3.05) is 11.9 Å². The van der Waals surface area contributed by atoms with E-state index in [1.54, 1.807) is 6.92 Å². The molecule has 3 rings (SSSR count). The molecule has 0 atom stereocenters. The molecule has 1 aromatic heterocycles. The largest absolute Gasteiger partial charge is 0.462 e. The molecule has 138 valence electrons. The lowest BCUT2D eigenvalue weighted by Gasteiger charge is -2.09. The van der Waals surface area contributed by atoms with Crippen LogP contribution in [0, 0.1) is 5.92 Å². The van der Waals surface area contributed by atoms with Crippen molar-refractivity contribution >= 4 is 28.2 Å². The minimum Gasteiger partial charge on any atom is -0.462 e. The molecule has 1 fully saturated rings. The summed E-state index contributed by atoms with van der Waals surface area (Å²) in [5.41, 5.74) is 1.46. The Morgan fingerprint density at radius 1 is 1.19 bits per heavy atom. The van der Waals surface area contributed by atoms with Crippen LogP contribution in [0.3, 0.4) is 0 Å². The van der Waals surface area contributed by atoms with Gasteiger partial charge in [-0.1, -0.05) is 56.0 Å². The summed E-state index contributed by atoms with van der Waals surface area (Å²) >= 11 is 1.42. The van der Waals surface area contributed by atoms with Gasteiger partial charge >= 0.3 is 5.97 Å². The van der Waals surface area contributed by atoms with Crippen LogP contribution in [-0.4, -0.2) is 18.5 Å². The van der Waals surface area contributed by atoms with Crippen molar-refractivity contribution in [2.24, 2.45) is 5.92 Å². The third kappa shape index (κ3) is 4.73. The van der Waals surface area contributed by atoms with Crippen LogP contribution in [0.25, 0.3) is 10.4 Å². The van der Waals surface area contributed by atoms with Gasteiger partial charge in [-0.3, -0.25) is 4.79 Å². The zero-order chi connectivity index (χ0) is 18.4. The average Bonchev–Trinajstić information content (AvgIpc) is 3.31. The number of hydrogen-bond acceptors (Lipinski definition) is 4. The molecule has 1 N–H and O–H groups in total. The number of thiophene rings is 1. The van der Waals surface area contributed by atoms with Crippen LogP contribution in [0.5, 0.6) is 0 Å². The molecule has 1 saturated carbocycles. The predicted octanol–water partition coefficient (Wildman–Crippen LogP) is 5.50. The highest BCUT2D eigenvalue weighted by Gasteiger charge is 2.21. The fourth-order valence-corrected chi connectivity index (χ4v) is 4.48. The molecule has 26 heavy (non-hydrogen) atoms. The maximum absolute atomic E-state index is 12.4. The average molecular weight is 372 g/mol. The van der Waals surface area contributed by atoms with E-state index in [0.29, 0.717) is 29.5 Å². The summed E-state index contributed by atoms with van der Waals surface area (Å²) < 4.78 is 5.16. The van der Waals surface area contributed by atoms with E-state index in [1.807, 2.05) is 36.4 Å². The van der Waals surface area contributed by atoms with Gasteiger partial charge in [-0.2, -0.15) is 0 Å². The zero-order valence-electron chi connectivity index (χ0n) is 15.1. The van der Waals surface area contributed by atoms with Gasteiger partial charge in [-0.15, -0.1) is 11.3 Å². The van der Waals surface area contributed by atoms with Gasteiger partial charge < -0.3 is 10.1 Å². The fourth-order valence-electron chi connectivity index (χ4n) is 3.41. The fraction of sp³-hybridized carbons (Fsp3) is 0.429. The Kier molecular flexibility index (Phi) is 6.45. The highest BCUT2D eigenvalue weighted by molar-refractivity contribution is 7.20. The lowest BCUT2D eigenvalue weighted by atomic mass is 10.0. The van der Waals surface area contributed by atoms with Crippen molar-refractivity contribution < 1.29 is 14.3 Å². The van der Waals surface area contributed by atoms with Gasteiger partial charge in [0, 0.05) is 11.3 Å². The highest BCUT2D eigenvalue weighted by Crippen LogP contribution is 2.36. The first-order chi connectivity index (χ1) is 12.7. The number of amides is 1. The number of anilines is 1. The Morgan fingerprint density at radius 2 is 1.92 bits per heavy atom. The van der Waals surface area contributed by atoms with Crippen molar-refractivity contribution in [1.82, 2.24) is 0 Å². The minimum atomic E-state index is -0.392. The van der Waals surface area contributed by atoms with E-state index in [-0.39, 0.29) is 5.91 Å². The van der Waals surface area contributed by atoms with Crippen molar-refractivity contribution in [3.8, 4) is 10.4 Å². The molecule has 4 nitrogen and oxygen atoms in total. The summed E-state index contributed by atoms with van der Waals surface area (Å²) in [6.07, 6.45) is 6.47. The smallest absolute Gasteiger partial charge is 0.341 e. The quantitative estimate of drug-likeness (QED) is 0.654. The number of nitrogens with one attached hydrogen (secondary N) is 1. The number of hydrogen-bond donors (Lipinski definition) is 1. The summed E-state index contributed by atoms with van der Waals surface area (Å²) in [6, 6.07) is 11.7. The number of carbonyl (C=O) groups excluding carboxylic acids is 2. The van der Waals surface area contributed by atoms with Gasteiger partial charge in [-0.05, 0) is 30.9 Å². The first-order valence-corrected chi connectivity index (χ1v) is 10.1. The summed E-state index contributed by atoms with van der Waals surface area (Å²) in [5.74, 6) is 0.259. The van der Waals surface area contributed by atoms with E-state index >= 15 is 0 Å². The molecular weight excluding hydrogens is 346 g/mol. The molecular formula is C21H25NO3S. The number of esters is 1. The standard InChI is InChI=1S/C21H25NO3S/c1-2-25-21(24)17-14-18(16-10-4-3-5-11-16)26-20(17)22-19(23)13-12-15-8-6-7-9-15/h3-5,10-11,14-15H,2,6-9,12-13H2,1H3,(H,22,23). The lowest BCUT2D eigenvalue weighted by Crippen LogP contribution is -2.14. The van der Waals surface area contributed by atoms with Crippen molar-refractivity contribution in [3.05, 3.63) is 42.0 Å². The van der Waals surface area contributed by atoms with Gasteiger partial charge in [0.05, 0.1) is 12.2 Å². The molecule has 1 heterocycles. The van der Waals surface area contributed by atoms with Crippen LogP contribution in [0.15, 0.2) is 36.4 Å². The van der Waals surface area contributed by atoms with E-state index in [1.165, 1.54) is 37.0 Å². The molecule has 0 radical (unpaired) electrons. The Bertz CT molecular complexity index is 748. The Morgan fingerprint density at radius 3 is 2.62 bits per heavy atom. The molecule has 1 amide bonds. The number of ether oxygens (including phenoxy) is 1. The maximum Gasteiger partial charge on any atom is 0.341 e. The monoisotopic (exact) mass is 371 g/mol. The van der Waals surface area contributed by atoms with Crippen molar-refractivity contribution in [1.29, 1.82) is 0 Å². The second-order valence-corrected chi connectivity index (χ2v) is 7.73. The molecule has 5 heteroatoms. The summed E-state index contributed by atoms with van der Waals surface area (Å²) in [7, 11) is 0. The van der Waals surface area contributed by atoms with E-state index in [2.05, 4.69) is 5.32 Å². The van der Waals surface area contributed by atoms with Crippen molar-refractivity contribution in [2.45, 2.75) is 45.4 Å². The Hall–Kier alpha value is -2.14. The summed E-state index contributed by atoms with van der Waals surface area (Å²) in [6.45, 7) is 2.09. The van der Waals surface area contributed by atoms with Gasteiger partial charge in [0.2, 0.25) is 5.91 Å². The van der Waals surface area contributed by atoms with Gasteiger partial charge in [0.1, 0.15) is 5.00 Å². The van der Waals surface area contributed by atoms with Crippen LogP contribution >= 0.6 is 11.3 Å². The molecule has 1 aliphatic rings. The SMILES string of the molecule is CCOC(=O)c1cc(-c2ccccc2)sc1NC(=O)CCC1CCCC1. The van der Waals surface area contributed by atoms with E-state index in [9.17, 15) is 9.59 Å². The molecule has 0 unspecified atom stereocenters. The van der Waals surface area contributed by atoms with Crippen LogP contribution in [0.4, 0.5) is 5.00 Å². The third-order valence-corrected chi connectivity index (χ3v) is 5.89. The van der Waals surface area contributed by atoms with Crippen LogP contribution in [0.2, 0.25) is 0 Å². The zero-order valence-corrected chi connectivity index (χ0v) is 15.9.